The summed E-state index contributed by atoms with van der Waals surface area (Å²) in [7, 11) is 1.43. The van der Waals surface area contributed by atoms with Crippen molar-refractivity contribution in [2.75, 3.05) is 7.11 Å². The largest absolute Gasteiger partial charge is 0.496 e. The van der Waals surface area contributed by atoms with Crippen LogP contribution in [-0.2, 0) is 12.0 Å². The van der Waals surface area contributed by atoms with E-state index in [-0.39, 0.29) is 23.9 Å². The molecule has 1 aromatic heterocycles. The van der Waals surface area contributed by atoms with E-state index in [1.165, 1.54) is 24.7 Å². The number of ether oxygens (including phenoxy) is 1. The van der Waals surface area contributed by atoms with Gasteiger partial charge in [0, 0.05) is 28.7 Å². The molecule has 0 fully saturated rings. The Morgan fingerprint density at radius 3 is 2.54 bits per heavy atom. The number of carbonyl (C=O) groups is 1. The molecule has 0 saturated heterocycles. The summed E-state index contributed by atoms with van der Waals surface area (Å²) in [6, 6.07) is 4.62. The minimum Gasteiger partial charge on any atom is -0.496 e. The van der Waals surface area contributed by atoms with E-state index in [1.807, 2.05) is 24.7 Å². The maximum absolute atomic E-state index is 12.7. The molecule has 0 bridgehead atoms. The topological polar surface area (TPSA) is 43.6 Å². The molecule has 2 aromatic rings. The predicted octanol–water partition coefficient (Wildman–Crippen LogP) is 5.59. The molecule has 0 saturated carbocycles. The number of benzene rings is 1. The Balaban J connectivity index is 2.43. The van der Waals surface area contributed by atoms with Gasteiger partial charge in [0.25, 0.3) is 5.91 Å². The number of hydrogen-bond acceptors (Lipinski definition) is 3. The fourth-order valence-electron chi connectivity index (χ4n) is 2.45. The maximum atomic E-state index is 12.7. The van der Waals surface area contributed by atoms with E-state index in [0.29, 0.717) is 21.0 Å². The Morgan fingerprint density at radius 2 is 1.96 bits per heavy atom. The maximum Gasteiger partial charge on any atom is 0.389 e. The van der Waals surface area contributed by atoms with Crippen molar-refractivity contribution in [3.05, 3.63) is 45.2 Å². The first-order chi connectivity index (χ1) is 12.9. The van der Waals surface area contributed by atoms with Gasteiger partial charge in [-0.15, -0.1) is 0 Å². The van der Waals surface area contributed by atoms with E-state index in [0.717, 1.165) is 0 Å². The first-order valence-corrected chi connectivity index (χ1v) is 9.77. The van der Waals surface area contributed by atoms with Gasteiger partial charge < -0.3 is 4.74 Å². The van der Waals surface area contributed by atoms with E-state index in [4.69, 9.17) is 16.3 Å². The van der Waals surface area contributed by atoms with Crippen LogP contribution in [0.1, 0.15) is 49.5 Å². The zero-order valence-electron chi connectivity index (χ0n) is 16.1. The molecule has 1 aromatic carbocycles. The van der Waals surface area contributed by atoms with Crippen molar-refractivity contribution in [1.82, 2.24) is 3.96 Å². The molecule has 154 valence electrons. The Kier molecular flexibility index (Phi) is 6.98. The van der Waals surface area contributed by atoms with Crippen LogP contribution in [0.4, 0.5) is 13.2 Å². The second-order valence-corrected chi connectivity index (χ2v) is 8.68. The van der Waals surface area contributed by atoms with Crippen LogP contribution in [0.5, 0.6) is 5.75 Å². The molecule has 4 nitrogen and oxygen atoms in total. The van der Waals surface area contributed by atoms with E-state index < -0.39 is 18.5 Å². The minimum atomic E-state index is -4.21. The first-order valence-electron chi connectivity index (χ1n) is 8.62. The van der Waals surface area contributed by atoms with Crippen LogP contribution >= 0.6 is 23.1 Å². The SMILES string of the molecule is COc1ccc(Cl)cc1C(=O)N=c1sn(C(C)(C)C)cc1CCCC(F)(F)F. The number of methoxy groups -OCH3 is 1. The second-order valence-electron chi connectivity index (χ2n) is 7.28. The van der Waals surface area contributed by atoms with Gasteiger partial charge in [-0.25, -0.2) is 0 Å². The molecule has 0 spiro atoms. The first kappa shape index (κ1) is 22.5. The van der Waals surface area contributed by atoms with Gasteiger partial charge in [0.1, 0.15) is 10.4 Å². The second kappa shape index (κ2) is 8.69. The molecule has 0 aliphatic heterocycles. The summed E-state index contributed by atoms with van der Waals surface area (Å²) in [6.45, 7) is 5.90. The van der Waals surface area contributed by atoms with Crippen LogP contribution < -0.4 is 9.41 Å². The highest BCUT2D eigenvalue weighted by Crippen LogP contribution is 2.25. The summed E-state index contributed by atoms with van der Waals surface area (Å²) in [5.74, 6) is -0.226. The van der Waals surface area contributed by atoms with E-state index in [1.54, 1.807) is 18.3 Å². The van der Waals surface area contributed by atoms with Crippen LogP contribution in [-0.4, -0.2) is 23.1 Å². The average Bonchev–Trinajstić information content (AvgIpc) is 2.96. The molecule has 2 rings (SSSR count). The lowest BCUT2D eigenvalue weighted by Gasteiger charge is -2.19. The predicted molar refractivity (Wildman–Crippen MR) is 104 cm³/mol. The van der Waals surface area contributed by atoms with E-state index in [2.05, 4.69) is 4.99 Å². The number of aryl methyl sites for hydroxylation is 1. The summed E-state index contributed by atoms with van der Waals surface area (Å²) < 4.78 is 45.0. The highest BCUT2D eigenvalue weighted by Gasteiger charge is 2.26. The Morgan fingerprint density at radius 1 is 1.29 bits per heavy atom. The van der Waals surface area contributed by atoms with Crippen molar-refractivity contribution in [3.8, 4) is 5.75 Å². The summed E-state index contributed by atoms with van der Waals surface area (Å²) in [4.78, 5) is 16.9. The number of aromatic nitrogens is 1. The third-order valence-electron chi connectivity index (χ3n) is 3.90. The zero-order valence-corrected chi connectivity index (χ0v) is 17.6. The molecule has 0 unspecified atom stereocenters. The fourth-order valence-corrected chi connectivity index (χ4v) is 3.66. The Labute approximate surface area is 170 Å². The molecule has 1 heterocycles. The quantitative estimate of drug-likeness (QED) is 0.615. The number of alkyl halides is 3. The van der Waals surface area contributed by atoms with Crippen LogP contribution in [0.2, 0.25) is 5.02 Å². The van der Waals surface area contributed by atoms with Gasteiger partial charge in [-0.05, 0) is 63.3 Å². The zero-order chi connectivity index (χ0) is 21.1. The van der Waals surface area contributed by atoms with Crippen molar-refractivity contribution in [1.29, 1.82) is 0 Å². The van der Waals surface area contributed by atoms with Gasteiger partial charge in [-0.2, -0.15) is 18.2 Å². The van der Waals surface area contributed by atoms with Gasteiger partial charge in [-0.1, -0.05) is 11.6 Å². The van der Waals surface area contributed by atoms with Crippen LogP contribution in [0, 0.1) is 0 Å². The van der Waals surface area contributed by atoms with Crippen LogP contribution in [0.25, 0.3) is 0 Å². The van der Waals surface area contributed by atoms with Crippen molar-refractivity contribution in [2.45, 2.75) is 51.7 Å². The number of hydrogen-bond donors (Lipinski definition) is 0. The summed E-state index contributed by atoms with van der Waals surface area (Å²) in [6.07, 6.45) is -3.22. The van der Waals surface area contributed by atoms with Gasteiger partial charge in [0.15, 0.2) is 0 Å². The van der Waals surface area contributed by atoms with Crippen molar-refractivity contribution in [2.24, 2.45) is 4.99 Å². The number of rotatable bonds is 5. The molecule has 0 radical (unpaired) electrons. The normalized spacial score (nSPS) is 13.1. The molecule has 1 amide bonds. The lowest BCUT2D eigenvalue weighted by molar-refractivity contribution is -0.135. The molecular weight excluding hydrogens is 413 g/mol. The molecule has 28 heavy (non-hydrogen) atoms. The van der Waals surface area contributed by atoms with E-state index in [9.17, 15) is 18.0 Å². The number of amides is 1. The third kappa shape index (κ3) is 6.10. The van der Waals surface area contributed by atoms with Crippen molar-refractivity contribution < 1.29 is 22.7 Å². The fraction of sp³-hybridized carbons (Fsp3) is 0.474. The number of halogens is 4. The molecule has 0 aliphatic carbocycles. The van der Waals surface area contributed by atoms with Gasteiger partial charge in [-0.3, -0.25) is 8.75 Å². The summed E-state index contributed by atoms with van der Waals surface area (Å²) in [5.41, 5.74) is 0.527. The monoisotopic (exact) mass is 434 g/mol. The van der Waals surface area contributed by atoms with E-state index >= 15 is 0 Å². The lowest BCUT2D eigenvalue weighted by atomic mass is 10.1. The molecule has 0 N–H and O–H groups in total. The Hall–Kier alpha value is -1.80. The average molecular weight is 435 g/mol. The van der Waals surface area contributed by atoms with Gasteiger partial charge in [0.05, 0.1) is 12.7 Å². The van der Waals surface area contributed by atoms with Gasteiger partial charge in [0.2, 0.25) is 0 Å². The highest BCUT2D eigenvalue weighted by atomic mass is 35.5. The Bertz CT molecular complexity index is 911. The molecule has 0 atom stereocenters. The molecule has 9 heteroatoms. The standard InChI is InChI=1S/C19H22ClF3N2O2S/c1-18(2,3)25-11-12(6-5-9-19(21,22)23)17(28-25)24-16(26)14-10-13(20)7-8-15(14)27-4/h7-8,10-11H,5-6,9H2,1-4H3. The van der Waals surface area contributed by atoms with Gasteiger partial charge >= 0.3 is 6.18 Å². The lowest BCUT2D eigenvalue weighted by Crippen LogP contribution is -2.18. The summed E-state index contributed by atoms with van der Waals surface area (Å²) in [5, 5.41) is 0.362. The smallest absolute Gasteiger partial charge is 0.389 e. The molecular formula is C19H22ClF3N2O2S. The number of nitrogens with zero attached hydrogens (tertiary/aromatic N) is 2. The molecule has 0 aliphatic rings. The highest BCUT2D eigenvalue weighted by molar-refractivity contribution is 7.04. The van der Waals surface area contributed by atoms with Crippen LogP contribution in [0.3, 0.4) is 0 Å². The van der Waals surface area contributed by atoms with Crippen molar-refractivity contribution in [3.63, 3.8) is 0 Å². The summed E-state index contributed by atoms with van der Waals surface area (Å²) >= 11 is 7.21. The number of carbonyl (C=O) groups excluding carboxylic acids is 1. The van der Waals surface area contributed by atoms with Crippen LogP contribution in [0.15, 0.2) is 29.4 Å². The van der Waals surface area contributed by atoms with Crippen molar-refractivity contribution >= 4 is 29.0 Å². The third-order valence-corrected chi connectivity index (χ3v) is 5.51. The minimum absolute atomic E-state index is 0.0679.